The third kappa shape index (κ3) is 2.96. The van der Waals surface area contributed by atoms with Crippen LogP contribution in [-0.4, -0.2) is 5.78 Å². The van der Waals surface area contributed by atoms with E-state index in [1.165, 1.54) is 11.1 Å². The van der Waals surface area contributed by atoms with Gasteiger partial charge in [0.1, 0.15) is 5.78 Å². The molecule has 0 fully saturated rings. The molecule has 1 aliphatic carbocycles. The Kier molecular flexibility index (Phi) is 4.50. The summed E-state index contributed by atoms with van der Waals surface area (Å²) >= 11 is 0. The van der Waals surface area contributed by atoms with Gasteiger partial charge < -0.3 is 0 Å². The Balaban J connectivity index is 3.00. The first kappa shape index (κ1) is 14.0. The van der Waals surface area contributed by atoms with Gasteiger partial charge in [0.05, 0.1) is 0 Å². The van der Waals surface area contributed by atoms with Gasteiger partial charge in [0.15, 0.2) is 0 Å². The first-order valence-electron chi connectivity index (χ1n) is 6.47. The molecule has 1 rings (SSSR count). The molecule has 1 heteroatoms. The second-order valence-electron chi connectivity index (χ2n) is 5.25. The van der Waals surface area contributed by atoms with Crippen LogP contribution in [0.25, 0.3) is 0 Å². The maximum Gasteiger partial charge on any atom is 0.140 e. The summed E-state index contributed by atoms with van der Waals surface area (Å²) in [7, 11) is 0. The molecular formula is C16H24O. The zero-order valence-corrected chi connectivity index (χ0v) is 11.7. The van der Waals surface area contributed by atoms with Crippen LogP contribution in [0.2, 0.25) is 0 Å². The topological polar surface area (TPSA) is 17.1 Å². The molecule has 0 aromatic rings. The molecule has 2 atom stereocenters. The number of hydrogen-bond donors (Lipinski definition) is 0. The molecular weight excluding hydrogens is 208 g/mol. The Morgan fingerprint density at radius 2 is 2.24 bits per heavy atom. The van der Waals surface area contributed by atoms with Gasteiger partial charge in [-0.3, -0.25) is 4.79 Å². The van der Waals surface area contributed by atoms with Crippen molar-refractivity contribution in [1.29, 1.82) is 0 Å². The molecule has 0 aromatic carbocycles. The van der Waals surface area contributed by atoms with Crippen LogP contribution in [0.4, 0.5) is 0 Å². The smallest absolute Gasteiger partial charge is 0.140 e. The van der Waals surface area contributed by atoms with Gasteiger partial charge in [0, 0.05) is 17.8 Å². The summed E-state index contributed by atoms with van der Waals surface area (Å²) in [5.74, 6) is 0.429. The van der Waals surface area contributed by atoms with Gasteiger partial charge >= 0.3 is 0 Å². The van der Waals surface area contributed by atoms with Gasteiger partial charge in [0.25, 0.3) is 0 Å². The normalized spacial score (nSPS) is 30.9. The lowest BCUT2D eigenvalue weighted by Crippen LogP contribution is -2.33. The summed E-state index contributed by atoms with van der Waals surface area (Å²) < 4.78 is 0. The molecule has 0 saturated carbocycles. The largest absolute Gasteiger partial charge is 0.299 e. The number of rotatable bonds is 3. The van der Waals surface area contributed by atoms with E-state index >= 15 is 0 Å². The molecule has 0 spiro atoms. The minimum atomic E-state index is -0.113. The van der Waals surface area contributed by atoms with Crippen LogP contribution < -0.4 is 0 Å². The average molecular weight is 232 g/mol. The van der Waals surface area contributed by atoms with Gasteiger partial charge in [-0.15, -0.1) is 0 Å². The van der Waals surface area contributed by atoms with E-state index < -0.39 is 0 Å². The monoisotopic (exact) mass is 232 g/mol. The van der Waals surface area contributed by atoms with E-state index in [0.717, 1.165) is 6.42 Å². The Bertz CT molecular complexity index is 384. The minimum Gasteiger partial charge on any atom is -0.299 e. The number of allylic oxidation sites excluding steroid dienone is 6. The Labute approximate surface area is 105 Å². The van der Waals surface area contributed by atoms with Gasteiger partial charge in [-0.05, 0) is 20.3 Å². The number of ketones is 1. The SMILES string of the molecule is CCC=C(C)C=CC1(C)C(C)=CCC(=O)C1C. The molecule has 0 N–H and O–H groups in total. The molecule has 2 unspecified atom stereocenters. The quantitative estimate of drug-likeness (QED) is 0.518. The fourth-order valence-electron chi connectivity index (χ4n) is 2.30. The van der Waals surface area contributed by atoms with Crippen molar-refractivity contribution in [1.82, 2.24) is 0 Å². The zero-order chi connectivity index (χ0) is 13.1. The van der Waals surface area contributed by atoms with Crippen LogP contribution in [0.15, 0.2) is 35.5 Å². The summed E-state index contributed by atoms with van der Waals surface area (Å²) in [5, 5.41) is 0. The first-order chi connectivity index (χ1) is 7.91. The maximum absolute atomic E-state index is 11.8. The van der Waals surface area contributed by atoms with Crippen LogP contribution in [0.1, 0.15) is 47.5 Å². The first-order valence-corrected chi connectivity index (χ1v) is 6.47. The van der Waals surface area contributed by atoms with Gasteiger partial charge in [0.2, 0.25) is 0 Å². The Hall–Kier alpha value is -1.11. The maximum atomic E-state index is 11.8. The number of carbonyl (C=O) groups is 1. The van der Waals surface area contributed by atoms with Crippen LogP contribution in [0, 0.1) is 11.3 Å². The predicted molar refractivity (Wildman–Crippen MR) is 73.8 cm³/mol. The summed E-state index contributed by atoms with van der Waals surface area (Å²) in [5.41, 5.74) is 2.47. The van der Waals surface area contributed by atoms with E-state index in [2.05, 4.69) is 52.0 Å². The lowest BCUT2D eigenvalue weighted by Gasteiger charge is -2.36. The van der Waals surface area contributed by atoms with Crippen molar-refractivity contribution in [3.63, 3.8) is 0 Å². The highest BCUT2D eigenvalue weighted by atomic mass is 16.1. The third-order valence-electron chi connectivity index (χ3n) is 4.06. The second-order valence-corrected chi connectivity index (χ2v) is 5.25. The van der Waals surface area contributed by atoms with Gasteiger partial charge in [-0.1, -0.05) is 56.2 Å². The van der Waals surface area contributed by atoms with Crippen LogP contribution in [0.3, 0.4) is 0 Å². The van der Waals surface area contributed by atoms with Crippen molar-refractivity contribution in [2.75, 3.05) is 0 Å². The Morgan fingerprint density at radius 3 is 2.82 bits per heavy atom. The molecule has 94 valence electrons. The molecule has 0 bridgehead atoms. The molecule has 0 radical (unpaired) electrons. The van der Waals surface area contributed by atoms with E-state index in [1.54, 1.807) is 0 Å². The van der Waals surface area contributed by atoms with Crippen molar-refractivity contribution >= 4 is 5.78 Å². The molecule has 0 aromatic heterocycles. The van der Waals surface area contributed by atoms with Gasteiger partial charge in [-0.25, -0.2) is 0 Å². The fourth-order valence-corrected chi connectivity index (χ4v) is 2.30. The van der Waals surface area contributed by atoms with Crippen LogP contribution >= 0.6 is 0 Å². The summed E-state index contributed by atoms with van der Waals surface area (Å²) in [4.78, 5) is 11.8. The second kappa shape index (κ2) is 5.48. The zero-order valence-electron chi connectivity index (χ0n) is 11.7. The molecule has 1 aliphatic rings. The predicted octanol–water partition coefficient (Wildman–Crippen LogP) is 4.46. The number of carbonyl (C=O) groups excluding carboxylic acids is 1. The highest BCUT2D eigenvalue weighted by molar-refractivity contribution is 5.85. The van der Waals surface area contributed by atoms with Crippen molar-refractivity contribution in [2.45, 2.75) is 47.5 Å². The molecule has 0 saturated heterocycles. The summed E-state index contributed by atoms with van der Waals surface area (Å²) in [6.07, 6.45) is 10.3. The van der Waals surface area contributed by atoms with E-state index in [4.69, 9.17) is 0 Å². The van der Waals surface area contributed by atoms with Crippen molar-refractivity contribution < 1.29 is 4.79 Å². The van der Waals surface area contributed by atoms with Gasteiger partial charge in [-0.2, -0.15) is 0 Å². The Morgan fingerprint density at radius 1 is 1.59 bits per heavy atom. The van der Waals surface area contributed by atoms with Crippen LogP contribution in [-0.2, 0) is 4.79 Å². The summed E-state index contributed by atoms with van der Waals surface area (Å²) in [6.45, 7) is 10.6. The lowest BCUT2D eigenvalue weighted by atomic mass is 9.67. The van der Waals surface area contributed by atoms with Crippen LogP contribution in [0.5, 0.6) is 0 Å². The molecule has 0 amide bonds. The molecule has 0 aliphatic heterocycles. The minimum absolute atomic E-state index is 0.0816. The fraction of sp³-hybridized carbons (Fsp3) is 0.562. The van der Waals surface area contributed by atoms with E-state index in [0.29, 0.717) is 12.2 Å². The van der Waals surface area contributed by atoms with E-state index in [1.807, 2.05) is 6.92 Å². The van der Waals surface area contributed by atoms with Crippen molar-refractivity contribution in [3.8, 4) is 0 Å². The standard InChI is InChI=1S/C16H24O/c1-6-7-12(2)10-11-16(5)13(3)8-9-15(17)14(16)4/h7-8,10-11,14H,6,9H2,1-5H3. The molecule has 17 heavy (non-hydrogen) atoms. The highest BCUT2D eigenvalue weighted by Gasteiger charge is 2.37. The lowest BCUT2D eigenvalue weighted by molar-refractivity contribution is -0.124. The highest BCUT2D eigenvalue weighted by Crippen LogP contribution is 2.41. The van der Waals surface area contributed by atoms with E-state index in [9.17, 15) is 4.79 Å². The number of Topliss-reactive ketones (excluding diaryl/α,β-unsaturated/α-hetero) is 1. The van der Waals surface area contributed by atoms with Crippen molar-refractivity contribution in [2.24, 2.45) is 11.3 Å². The number of hydrogen-bond acceptors (Lipinski definition) is 1. The molecule has 0 heterocycles. The van der Waals surface area contributed by atoms with E-state index in [-0.39, 0.29) is 11.3 Å². The molecule has 1 nitrogen and oxygen atoms in total. The van der Waals surface area contributed by atoms with Crippen molar-refractivity contribution in [3.05, 3.63) is 35.5 Å². The summed E-state index contributed by atoms with van der Waals surface area (Å²) in [6, 6.07) is 0. The third-order valence-corrected chi connectivity index (χ3v) is 4.06. The average Bonchev–Trinajstić information content (AvgIpc) is 2.30.